The summed E-state index contributed by atoms with van der Waals surface area (Å²) >= 11 is 0. The molecular formula is C14H18FNO2. The maximum atomic E-state index is 13.2. The molecule has 1 fully saturated rings. The molecule has 2 rings (SSSR count). The summed E-state index contributed by atoms with van der Waals surface area (Å²) in [5.74, 6) is -0.409. The number of aryl methyl sites for hydroxylation is 1. The van der Waals surface area contributed by atoms with E-state index in [9.17, 15) is 14.3 Å². The molecule has 1 heterocycles. The summed E-state index contributed by atoms with van der Waals surface area (Å²) in [5.41, 5.74) is 1.20. The molecule has 18 heavy (non-hydrogen) atoms. The highest BCUT2D eigenvalue weighted by Gasteiger charge is 2.30. The van der Waals surface area contributed by atoms with Crippen molar-refractivity contribution in [2.75, 3.05) is 13.1 Å². The summed E-state index contributed by atoms with van der Waals surface area (Å²) in [7, 11) is 0. The molecule has 1 aliphatic rings. The highest BCUT2D eigenvalue weighted by Crippen LogP contribution is 2.22. The second-order valence-electron chi connectivity index (χ2n) is 5.00. The van der Waals surface area contributed by atoms with E-state index in [0.29, 0.717) is 18.7 Å². The fourth-order valence-corrected chi connectivity index (χ4v) is 2.36. The highest BCUT2D eigenvalue weighted by molar-refractivity contribution is 5.95. The third kappa shape index (κ3) is 2.53. The van der Waals surface area contributed by atoms with Gasteiger partial charge in [-0.3, -0.25) is 4.79 Å². The Morgan fingerprint density at radius 3 is 2.89 bits per heavy atom. The van der Waals surface area contributed by atoms with Crippen LogP contribution in [0.4, 0.5) is 4.39 Å². The molecule has 1 aromatic carbocycles. The first-order valence-corrected chi connectivity index (χ1v) is 6.22. The summed E-state index contributed by atoms with van der Waals surface area (Å²) in [6.07, 6.45) is 0.397. The number of nitrogens with zero attached hydrogens (tertiary/aromatic N) is 1. The normalized spacial score (nSPS) is 21.1. The van der Waals surface area contributed by atoms with Gasteiger partial charge in [-0.25, -0.2) is 4.39 Å². The van der Waals surface area contributed by atoms with Crippen LogP contribution in [0.3, 0.4) is 0 Å². The number of rotatable bonds is 2. The molecule has 1 aliphatic heterocycles. The number of likely N-dealkylation sites (tertiary alicyclic amines) is 1. The molecule has 0 aliphatic carbocycles. The van der Waals surface area contributed by atoms with Crippen LogP contribution < -0.4 is 0 Å². The Morgan fingerprint density at radius 2 is 2.28 bits per heavy atom. The summed E-state index contributed by atoms with van der Waals surface area (Å²) in [5, 5.41) is 9.52. The number of hydrogen-bond acceptors (Lipinski definition) is 2. The Kier molecular flexibility index (Phi) is 3.66. The van der Waals surface area contributed by atoms with Gasteiger partial charge in [-0.1, -0.05) is 6.07 Å². The topological polar surface area (TPSA) is 40.5 Å². The molecule has 2 atom stereocenters. The lowest BCUT2D eigenvalue weighted by molar-refractivity contribution is 0.0761. The predicted octanol–water partition coefficient (Wildman–Crippen LogP) is 1.98. The van der Waals surface area contributed by atoms with Crippen molar-refractivity contribution in [1.82, 2.24) is 4.90 Å². The van der Waals surface area contributed by atoms with Gasteiger partial charge in [0.25, 0.3) is 5.91 Å². The van der Waals surface area contributed by atoms with Crippen LogP contribution >= 0.6 is 0 Å². The Labute approximate surface area is 106 Å². The smallest absolute Gasteiger partial charge is 0.254 e. The molecule has 2 unspecified atom stereocenters. The molecule has 1 aromatic rings. The maximum absolute atomic E-state index is 13.2. The van der Waals surface area contributed by atoms with Gasteiger partial charge in [0, 0.05) is 24.6 Å². The van der Waals surface area contributed by atoms with E-state index in [1.807, 2.05) is 0 Å². The van der Waals surface area contributed by atoms with Crippen LogP contribution in [0.25, 0.3) is 0 Å². The van der Waals surface area contributed by atoms with Gasteiger partial charge in [0.1, 0.15) is 5.82 Å². The standard InChI is InChI=1S/C14H18FNO2/c1-9-3-4-12(15)7-13(9)14(18)16-6-5-11(8-16)10(2)17/h3-4,7,10-11,17H,5-6,8H2,1-2H3. The number of benzene rings is 1. The maximum Gasteiger partial charge on any atom is 0.254 e. The lowest BCUT2D eigenvalue weighted by Gasteiger charge is -2.18. The SMILES string of the molecule is Cc1ccc(F)cc1C(=O)N1CCC(C(C)O)C1. The van der Waals surface area contributed by atoms with E-state index >= 15 is 0 Å². The average molecular weight is 251 g/mol. The van der Waals surface area contributed by atoms with Crippen molar-refractivity contribution in [3.05, 3.63) is 35.1 Å². The average Bonchev–Trinajstić information content (AvgIpc) is 2.81. The number of amides is 1. The van der Waals surface area contributed by atoms with Gasteiger partial charge in [-0.2, -0.15) is 0 Å². The van der Waals surface area contributed by atoms with Crippen LogP contribution in [0.5, 0.6) is 0 Å². The second-order valence-corrected chi connectivity index (χ2v) is 5.00. The first-order valence-electron chi connectivity index (χ1n) is 6.22. The molecule has 3 nitrogen and oxygen atoms in total. The van der Waals surface area contributed by atoms with E-state index in [-0.39, 0.29) is 11.8 Å². The number of aliphatic hydroxyl groups is 1. The number of aliphatic hydroxyl groups excluding tert-OH is 1. The van der Waals surface area contributed by atoms with Crippen LogP contribution in [-0.4, -0.2) is 35.1 Å². The van der Waals surface area contributed by atoms with Crippen molar-refractivity contribution in [1.29, 1.82) is 0 Å². The van der Waals surface area contributed by atoms with Crippen molar-refractivity contribution in [3.63, 3.8) is 0 Å². The summed E-state index contributed by atoms with van der Waals surface area (Å²) in [6.45, 7) is 4.72. The molecular weight excluding hydrogens is 233 g/mol. The predicted molar refractivity (Wildman–Crippen MR) is 66.8 cm³/mol. The number of hydrogen-bond donors (Lipinski definition) is 1. The lowest BCUT2D eigenvalue weighted by atomic mass is 10.0. The molecule has 1 saturated heterocycles. The number of halogens is 1. The monoisotopic (exact) mass is 251 g/mol. The van der Waals surface area contributed by atoms with Crippen LogP contribution in [0, 0.1) is 18.7 Å². The van der Waals surface area contributed by atoms with Crippen LogP contribution in [-0.2, 0) is 0 Å². The third-order valence-electron chi connectivity index (χ3n) is 3.62. The van der Waals surface area contributed by atoms with Crippen LogP contribution in [0.2, 0.25) is 0 Å². The highest BCUT2D eigenvalue weighted by atomic mass is 19.1. The van der Waals surface area contributed by atoms with Crippen molar-refractivity contribution in [2.24, 2.45) is 5.92 Å². The summed E-state index contributed by atoms with van der Waals surface area (Å²) in [6, 6.07) is 4.26. The van der Waals surface area contributed by atoms with Crippen molar-refractivity contribution < 1.29 is 14.3 Å². The molecule has 0 aromatic heterocycles. The first-order chi connectivity index (χ1) is 8.49. The van der Waals surface area contributed by atoms with Gasteiger partial charge in [0.15, 0.2) is 0 Å². The van der Waals surface area contributed by atoms with Crippen LogP contribution in [0.1, 0.15) is 29.3 Å². The zero-order valence-corrected chi connectivity index (χ0v) is 10.7. The van der Waals surface area contributed by atoms with Gasteiger partial charge >= 0.3 is 0 Å². The Hall–Kier alpha value is -1.42. The second kappa shape index (κ2) is 5.06. The molecule has 98 valence electrons. The van der Waals surface area contributed by atoms with Crippen molar-refractivity contribution in [3.8, 4) is 0 Å². The molecule has 0 bridgehead atoms. The number of carbonyl (C=O) groups is 1. The van der Waals surface area contributed by atoms with E-state index in [4.69, 9.17) is 0 Å². The Balaban J connectivity index is 2.15. The van der Waals surface area contributed by atoms with Gasteiger partial charge in [0.05, 0.1) is 6.10 Å². The van der Waals surface area contributed by atoms with E-state index in [1.165, 1.54) is 12.1 Å². The van der Waals surface area contributed by atoms with Gasteiger partial charge in [-0.05, 0) is 38.0 Å². The van der Waals surface area contributed by atoms with E-state index in [2.05, 4.69) is 0 Å². The minimum atomic E-state index is -0.406. The number of carbonyl (C=O) groups excluding carboxylic acids is 1. The van der Waals surface area contributed by atoms with Gasteiger partial charge in [-0.15, -0.1) is 0 Å². The lowest BCUT2D eigenvalue weighted by Crippen LogP contribution is -2.30. The van der Waals surface area contributed by atoms with Crippen LogP contribution in [0.15, 0.2) is 18.2 Å². The van der Waals surface area contributed by atoms with E-state index in [0.717, 1.165) is 12.0 Å². The quantitative estimate of drug-likeness (QED) is 0.873. The zero-order chi connectivity index (χ0) is 13.3. The molecule has 0 radical (unpaired) electrons. The molecule has 4 heteroatoms. The summed E-state index contributed by atoms with van der Waals surface area (Å²) in [4.78, 5) is 14.0. The van der Waals surface area contributed by atoms with E-state index < -0.39 is 11.9 Å². The van der Waals surface area contributed by atoms with Gasteiger partial charge in [0.2, 0.25) is 0 Å². The fourth-order valence-electron chi connectivity index (χ4n) is 2.36. The van der Waals surface area contributed by atoms with Gasteiger partial charge < -0.3 is 10.0 Å². The van der Waals surface area contributed by atoms with Crippen molar-refractivity contribution >= 4 is 5.91 Å². The molecule has 1 amide bonds. The summed E-state index contributed by atoms with van der Waals surface area (Å²) < 4.78 is 13.2. The molecule has 1 N–H and O–H groups in total. The zero-order valence-electron chi connectivity index (χ0n) is 10.7. The third-order valence-corrected chi connectivity index (χ3v) is 3.62. The largest absolute Gasteiger partial charge is 0.393 e. The minimum absolute atomic E-state index is 0.128. The minimum Gasteiger partial charge on any atom is -0.393 e. The Bertz CT molecular complexity index is 459. The van der Waals surface area contributed by atoms with E-state index in [1.54, 1.807) is 24.8 Å². The fraction of sp³-hybridized carbons (Fsp3) is 0.500. The van der Waals surface area contributed by atoms with Crippen molar-refractivity contribution in [2.45, 2.75) is 26.4 Å². The Morgan fingerprint density at radius 1 is 1.56 bits per heavy atom. The molecule has 0 saturated carbocycles. The first kappa shape index (κ1) is 13.0. The molecule has 0 spiro atoms.